The smallest absolute Gasteiger partial charge is 0.261 e. The highest BCUT2D eigenvalue weighted by atomic mass is 35.5. The Bertz CT molecular complexity index is 1190. The molecule has 3 aromatic carbocycles. The number of nitrogens with one attached hydrogen (secondary N) is 2. The molecule has 0 heterocycles. The first-order valence-corrected chi connectivity index (χ1v) is 11.3. The van der Waals surface area contributed by atoms with Crippen molar-refractivity contribution >= 4 is 38.9 Å². The molecule has 0 aliphatic carbocycles. The molecule has 0 spiro atoms. The summed E-state index contributed by atoms with van der Waals surface area (Å²) in [6.07, 6.45) is 0.253. The standard InChI is InChI=1S/C23H23ClN2O3S/c1-15-7-8-16(2)18(13-15)14-23(27)25-19-9-11-20(12-10-19)30(28,29)26-22-6-4-5-21(24)17(22)3/h4-13,26H,14H2,1-3H3,(H,25,27). The first-order chi connectivity index (χ1) is 14.2. The summed E-state index contributed by atoms with van der Waals surface area (Å²) in [7, 11) is -3.78. The Labute approximate surface area is 182 Å². The lowest BCUT2D eigenvalue weighted by atomic mass is 10.0. The highest BCUT2D eigenvalue weighted by molar-refractivity contribution is 7.92. The minimum Gasteiger partial charge on any atom is -0.326 e. The van der Waals surface area contributed by atoms with E-state index in [2.05, 4.69) is 10.0 Å². The highest BCUT2D eigenvalue weighted by Crippen LogP contribution is 2.26. The van der Waals surface area contributed by atoms with Crippen LogP contribution < -0.4 is 10.0 Å². The van der Waals surface area contributed by atoms with Crippen LogP contribution in [0, 0.1) is 20.8 Å². The second-order valence-electron chi connectivity index (χ2n) is 7.20. The Morgan fingerprint density at radius 3 is 2.37 bits per heavy atom. The van der Waals surface area contributed by atoms with Crippen LogP contribution in [0.5, 0.6) is 0 Å². The van der Waals surface area contributed by atoms with Crippen LogP contribution in [0.4, 0.5) is 11.4 Å². The minimum absolute atomic E-state index is 0.0920. The molecule has 0 saturated carbocycles. The number of amides is 1. The molecule has 0 aliphatic rings. The quantitative estimate of drug-likeness (QED) is 0.547. The topological polar surface area (TPSA) is 75.3 Å². The van der Waals surface area contributed by atoms with Gasteiger partial charge in [-0.15, -0.1) is 0 Å². The number of rotatable bonds is 6. The molecule has 0 fully saturated rings. The summed E-state index contributed by atoms with van der Waals surface area (Å²) in [5.74, 6) is -0.160. The molecule has 0 saturated heterocycles. The normalized spacial score (nSPS) is 11.2. The van der Waals surface area contributed by atoms with E-state index in [0.717, 1.165) is 16.7 Å². The van der Waals surface area contributed by atoms with Crippen molar-refractivity contribution in [1.29, 1.82) is 0 Å². The third-order valence-corrected chi connectivity index (χ3v) is 6.61. The lowest BCUT2D eigenvalue weighted by molar-refractivity contribution is -0.115. The number of benzene rings is 3. The number of anilines is 2. The van der Waals surface area contributed by atoms with E-state index in [-0.39, 0.29) is 17.2 Å². The van der Waals surface area contributed by atoms with Crippen molar-refractivity contribution in [2.75, 3.05) is 10.0 Å². The summed E-state index contributed by atoms with van der Waals surface area (Å²) in [6.45, 7) is 5.70. The summed E-state index contributed by atoms with van der Waals surface area (Å²) in [6, 6.07) is 17.1. The fraction of sp³-hybridized carbons (Fsp3) is 0.174. The zero-order valence-corrected chi connectivity index (χ0v) is 18.6. The second-order valence-corrected chi connectivity index (χ2v) is 9.29. The van der Waals surface area contributed by atoms with Gasteiger partial charge in [0, 0.05) is 10.7 Å². The molecule has 2 N–H and O–H groups in total. The monoisotopic (exact) mass is 442 g/mol. The van der Waals surface area contributed by atoms with Crippen molar-refractivity contribution in [3.8, 4) is 0 Å². The van der Waals surface area contributed by atoms with Crippen molar-refractivity contribution in [2.45, 2.75) is 32.1 Å². The number of carbonyl (C=O) groups is 1. The number of hydrogen-bond acceptors (Lipinski definition) is 3. The van der Waals surface area contributed by atoms with Gasteiger partial charge in [0.1, 0.15) is 0 Å². The molecule has 0 aliphatic heterocycles. The van der Waals surface area contributed by atoms with Gasteiger partial charge in [-0.3, -0.25) is 9.52 Å². The molecule has 0 bridgehead atoms. The van der Waals surface area contributed by atoms with Gasteiger partial charge in [-0.1, -0.05) is 41.4 Å². The lowest BCUT2D eigenvalue weighted by Gasteiger charge is -2.12. The van der Waals surface area contributed by atoms with Crippen LogP contribution in [-0.4, -0.2) is 14.3 Å². The first kappa shape index (κ1) is 21.9. The Morgan fingerprint density at radius 1 is 0.967 bits per heavy atom. The summed E-state index contributed by atoms with van der Waals surface area (Å²) >= 11 is 6.06. The Morgan fingerprint density at radius 2 is 1.67 bits per heavy atom. The predicted molar refractivity (Wildman–Crippen MR) is 122 cm³/mol. The third-order valence-electron chi connectivity index (χ3n) is 4.82. The van der Waals surface area contributed by atoms with Gasteiger partial charge in [0.25, 0.3) is 10.0 Å². The van der Waals surface area contributed by atoms with Crippen LogP contribution in [0.1, 0.15) is 22.3 Å². The molecule has 30 heavy (non-hydrogen) atoms. The van der Waals surface area contributed by atoms with Crippen molar-refractivity contribution in [2.24, 2.45) is 0 Å². The number of hydrogen-bond donors (Lipinski definition) is 2. The van der Waals surface area contributed by atoms with Crippen LogP contribution in [0.25, 0.3) is 0 Å². The van der Waals surface area contributed by atoms with Gasteiger partial charge in [0.2, 0.25) is 5.91 Å². The van der Waals surface area contributed by atoms with Gasteiger partial charge in [0.05, 0.1) is 17.0 Å². The van der Waals surface area contributed by atoms with E-state index in [4.69, 9.17) is 11.6 Å². The Balaban J connectivity index is 1.70. The summed E-state index contributed by atoms with van der Waals surface area (Å²) in [5, 5.41) is 3.29. The number of halogens is 1. The van der Waals surface area contributed by atoms with Crippen LogP contribution in [0.15, 0.2) is 65.6 Å². The molecule has 0 radical (unpaired) electrons. The summed E-state index contributed by atoms with van der Waals surface area (Å²) < 4.78 is 27.9. The summed E-state index contributed by atoms with van der Waals surface area (Å²) in [4.78, 5) is 12.5. The van der Waals surface area contributed by atoms with Crippen LogP contribution in [-0.2, 0) is 21.2 Å². The maximum Gasteiger partial charge on any atom is 0.261 e. The van der Waals surface area contributed by atoms with E-state index < -0.39 is 10.0 Å². The predicted octanol–water partition coefficient (Wildman–Crippen LogP) is 5.25. The van der Waals surface area contributed by atoms with Gasteiger partial charge in [-0.2, -0.15) is 0 Å². The SMILES string of the molecule is Cc1ccc(C)c(CC(=O)Nc2ccc(S(=O)(=O)Nc3cccc(Cl)c3C)cc2)c1. The lowest BCUT2D eigenvalue weighted by Crippen LogP contribution is -2.16. The molecular formula is C23H23ClN2O3S. The molecule has 156 valence electrons. The van der Waals surface area contributed by atoms with Gasteiger partial charge < -0.3 is 5.32 Å². The van der Waals surface area contributed by atoms with E-state index in [1.165, 1.54) is 12.1 Å². The zero-order valence-electron chi connectivity index (χ0n) is 17.0. The first-order valence-electron chi connectivity index (χ1n) is 9.40. The fourth-order valence-electron chi connectivity index (χ4n) is 3.01. The van der Waals surface area contributed by atoms with E-state index in [0.29, 0.717) is 22.0 Å². The molecule has 3 aromatic rings. The zero-order chi connectivity index (χ0) is 21.9. The van der Waals surface area contributed by atoms with Gasteiger partial charge in [-0.25, -0.2) is 8.42 Å². The minimum atomic E-state index is -3.78. The maximum atomic E-state index is 12.7. The van der Waals surface area contributed by atoms with Crippen molar-refractivity contribution in [1.82, 2.24) is 0 Å². The average molecular weight is 443 g/mol. The number of sulfonamides is 1. The van der Waals surface area contributed by atoms with E-state index >= 15 is 0 Å². The largest absolute Gasteiger partial charge is 0.326 e. The van der Waals surface area contributed by atoms with Crippen molar-refractivity contribution in [3.63, 3.8) is 0 Å². The van der Waals surface area contributed by atoms with E-state index in [9.17, 15) is 13.2 Å². The maximum absolute atomic E-state index is 12.7. The van der Waals surface area contributed by atoms with Crippen LogP contribution in [0.2, 0.25) is 5.02 Å². The molecule has 3 rings (SSSR count). The van der Waals surface area contributed by atoms with Gasteiger partial charge in [0.15, 0.2) is 0 Å². The molecule has 0 aromatic heterocycles. The molecule has 0 unspecified atom stereocenters. The second kappa shape index (κ2) is 8.90. The van der Waals surface area contributed by atoms with Gasteiger partial charge in [-0.05, 0) is 73.9 Å². The Kier molecular flexibility index (Phi) is 6.48. The molecule has 0 atom stereocenters. The van der Waals surface area contributed by atoms with Gasteiger partial charge >= 0.3 is 0 Å². The number of carbonyl (C=O) groups excluding carboxylic acids is 1. The van der Waals surface area contributed by atoms with Crippen molar-refractivity contribution < 1.29 is 13.2 Å². The molecule has 1 amide bonds. The number of aryl methyl sites for hydroxylation is 2. The fourth-order valence-corrected chi connectivity index (χ4v) is 4.31. The third kappa shape index (κ3) is 5.20. The molecule has 7 heteroatoms. The Hall–Kier alpha value is -2.83. The van der Waals surface area contributed by atoms with Crippen LogP contribution in [0.3, 0.4) is 0 Å². The van der Waals surface area contributed by atoms with E-state index in [1.54, 1.807) is 37.3 Å². The summed E-state index contributed by atoms with van der Waals surface area (Å²) in [5.41, 5.74) is 4.72. The van der Waals surface area contributed by atoms with Crippen LogP contribution >= 0.6 is 11.6 Å². The molecular weight excluding hydrogens is 420 g/mol. The van der Waals surface area contributed by atoms with E-state index in [1.807, 2.05) is 32.0 Å². The van der Waals surface area contributed by atoms with Crippen molar-refractivity contribution in [3.05, 3.63) is 87.9 Å². The highest BCUT2D eigenvalue weighted by Gasteiger charge is 2.16. The average Bonchev–Trinajstić information content (AvgIpc) is 2.68. The molecule has 5 nitrogen and oxygen atoms in total.